The first-order valence-electron chi connectivity index (χ1n) is 8.37. The highest BCUT2D eigenvalue weighted by atomic mass is 32.2. The van der Waals surface area contributed by atoms with Gasteiger partial charge in [0.15, 0.2) is 5.16 Å². The van der Waals surface area contributed by atoms with Crippen LogP contribution in [0, 0.1) is 10.1 Å². The molecule has 144 valence electrons. The maximum Gasteiger partial charge on any atom is 0.271 e. The molecular formula is C19H18N4O4S. The fourth-order valence-corrected chi connectivity index (χ4v) is 3.36. The molecule has 3 aromatic rings. The predicted octanol–water partition coefficient (Wildman–Crippen LogP) is 3.58. The zero-order valence-corrected chi connectivity index (χ0v) is 15.9. The van der Waals surface area contributed by atoms with Gasteiger partial charge in [-0.05, 0) is 12.1 Å². The van der Waals surface area contributed by atoms with Crippen molar-refractivity contribution >= 4 is 29.0 Å². The Hall–Kier alpha value is -3.33. The van der Waals surface area contributed by atoms with Crippen LogP contribution in [0.3, 0.4) is 0 Å². The van der Waals surface area contributed by atoms with Crippen LogP contribution < -0.4 is 10.1 Å². The highest BCUT2D eigenvalue weighted by molar-refractivity contribution is 7.99. The van der Waals surface area contributed by atoms with Crippen LogP contribution in [0.25, 0.3) is 0 Å². The number of methoxy groups -OCH3 is 1. The number of imidazole rings is 1. The van der Waals surface area contributed by atoms with Crippen LogP contribution in [-0.2, 0) is 11.3 Å². The second-order valence-corrected chi connectivity index (χ2v) is 6.74. The van der Waals surface area contributed by atoms with Gasteiger partial charge in [0.2, 0.25) is 5.91 Å². The van der Waals surface area contributed by atoms with Crippen LogP contribution in [0.4, 0.5) is 11.4 Å². The molecular weight excluding hydrogens is 380 g/mol. The molecule has 1 aromatic heterocycles. The molecule has 28 heavy (non-hydrogen) atoms. The van der Waals surface area contributed by atoms with Crippen molar-refractivity contribution in [3.05, 3.63) is 76.6 Å². The highest BCUT2D eigenvalue weighted by Gasteiger charge is 2.12. The summed E-state index contributed by atoms with van der Waals surface area (Å²) in [5, 5.41) is 14.2. The lowest BCUT2D eigenvalue weighted by molar-refractivity contribution is -0.384. The lowest BCUT2D eigenvalue weighted by Crippen LogP contribution is -2.14. The number of amides is 1. The molecule has 0 aliphatic heterocycles. The number of nitro groups is 1. The van der Waals surface area contributed by atoms with Gasteiger partial charge in [-0.25, -0.2) is 4.98 Å². The minimum absolute atomic E-state index is 0.0715. The third-order valence-electron chi connectivity index (χ3n) is 3.88. The zero-order valence-electron chi connectivity index (χ0n) is 15.1. The first kappa shape index (κ1) is 19.4. The summed E-state index contributed by atoms with van der Waals surface area (Å²) in [6, 6.07) is 13.6. The van der Waals surface area contributed by atoms with E-state index in [1.165, 1.54) is 30.0 Å². The average Bonchev–Trinajstić information content (AvgIpc) is 3.14. The molecule has 0 spiro atoms. The van der Waals surface area contributed by atoms with E-state index in [4.69, 9.17) is 4.74 Å². The Morgan fingerprint density at radius 2 is 2.11 bits per heavy atom. The smallest absolute Gasteiger partial charge is 0.271 e. The van der Waals surface area contributed by atoms with E-state index in [0.717, 1.165) is 11.3 Å². The molecule has 0 unspecified atom stereocenters. The van der Waals surface area contributed by atoms with Crippen molar-refractivity contribution in [1.29, 1.82) is 0 Å². The molecule has 0 saturated carbocycles. The van der Waals surface area contributed by atoms with Gasteiger partial charge in [-0.2, -0.15) is 0 Å². The summed E-state index contributed by atoms with van der Waals surface area (Å²) < 4.78 is 7.31. The maximum absolute atomic E-state index is 12.2. The van der Waals surface area contributed by atoms with Crippen LogP contribution in [0.15, 0.2) is 66.1 Å². The van der Waals surface area contributed by atoms with E-state index in [1.54, 1.807) is 19.4 Å². The van der Waals surface area contributed by atoms with Gasteiger partial charge in [0, 0.05) is 35.8 Å². The Kier molecular flexibility index (Phi) is 6.28. The van der Waals surface area contributed by atoms with Gasteiger partial charge in [0.25, 0.3) is 5.69 Å². The van der Waals surface area contributed by atoms with Crippen molar-refractivity contribution in [3.8, 4) is 5.75 Å². The molecule has 8 nitrogen and oxygen atoms in total. The second kappa shape index (κ2) is 9.05. The summed E-state index contributed by atoms with van der Waals surface area (Å²) in [4.78, 5) is 26.8. The summed E-state index contributed by atoms with van der Waals surface area (Å²) in [5.74, 6) is 0.652. The number of carbonyl (C=O) groups excluding carboxylic acids is 1. The Labute approximate surface area is 165 Å². The van der Waals surface area contributed by atoms with E-state index >= 15 is 0 Å². The van der Waals surface area contributed by atoms with Gasteiger partial charge in [-0.3, -0.25) is 14.9 Å². The fourth-order valence-electron chi connectivity index (χ4n) is 2.60. The molecule has 1 heterocycles. The molecule has 0 bridgehead atoms. The summed E-state index contributed by atoms with van der Waals surface area (Å²) >= 11 is 1.29. The second-order valence-electron chi connectivity index (χ2n) is 5.79. The SMILES string of the molecule is COc1ccccc1Cn1ccnc1SCC(=O)Nc1cccc([N+](=O)[O-])c1. The number of benzene rings is 2. The van der Waals surface area contributed by atoms with E-state index in [9.17, 15) is 14.9 Å². The predicted molar refractivity (Wildman–Crippen MR) is 107 cm³/mol. The van der Waals surface area contributed by atoms with Crippen LogP contribution >= 0.6 is 11.8 Å². The van der Waals surface area contributed by atoms with Crippen LogP contribution in [0.1, 0.15) is 5.56 Å². The Balaban J connectivity index is 1.61. The number of nitro benzene ring substituents is 1. The van der Waals surface area contributed by atoms with E-state index in [0.29, 0.717) is 17.4 Å². The third-order valence-corrected chi connectivity index (χ3v) is 4.89. The van der Waals surface area contributed by atoms with E-state index in [2.05, 4.69) is 10.3 Å². The Morgan fingerprint density at radius 3 is 2.89 bits per heavy atom. The lowest BCUT2D eigenvalue weighted by Gasteiger charge is -2.11. The molecule has 2 aromatic carbocycles. The number of carbonyl (C=O) groups is 1. The number of anilines is 1. The zero-order chi connectivity index (χ0) is 19.9. The number of aromatic nitrogens is 2. The van der Waals surface area contributed by atoms with Gasteiger partial charge in [0.05, 0.1) is 24.3 Å². The molecule has 1 N–H and O–H groups in total. The van der Waals surface area contributed by atoms with Crippen molar-refractivity contribution in [2.45, 2.75) is 11.7 Å². The van der Waals surface area contributed by atoms with E-state index in [1.807, 2.05) is 35.0 Å². The minimum atomic E-state index is -0.501. The molecule has 1 amide bonds. The molecule has 0 aliphatic carbocycles. The largest absolute Gasteiger partial charge is 0.496 e. The van der Waals surface area contributed by atoms with Crippen LogP contribution in [0.2, 0.25) is 0 Å². The van der Waals surface area contributed by atoms with E-state index in [-0.39, 0.29) is 17.3 Å². The van der Waals surface area contributed by atoms with Crippen molar-refractivity contribution in [1.82, 2.24) is 9.55 Å². The lowest BCUT2D eigenvalue weighted by atomic mass is 10.2. The standard InChI is InChI=1S/C19H18N4O4S/c1-27-17-8-3-2-5-14(17)12-22-10-9-20-19(22)28-13-18(24)21-15-6-4-7-16(11-15)23(25)26/h2-11H,12-13H2,1H3,(H,21,24). The van der Waals surface area contributed by atoms with Crippen molar-refractivity contribution in [3.63, 3.8) is 0 Å². The number of para-hydroxylation sites is 1. The molecule has 3 rings (SSSR count). The monoisotopic (exact) mass is 398 g/mol. The topological polar surface area (TPSA) is 99.3 Å². The quantitative estimate of drug-likeness (QED) is 0.354. The van der Waals surface area contributed by atoms with Crippen LogP contribution in [-0.4, -0.2) is 33.2 Å². The summed E-state index contributed by atoms with van der Waals surface area (Å²) in [6.45, 7) is 0.568. The van der Waals surface area contributed by atoms with Gasteiger partial charge in [-0.15, -0.1) is 0 Å². The van der Waals surface area contributed by atoms with Crippen molar-refractivity contribution in [2.75, 3.05) is 18.2 Å². The van der Waals surface area contributed by atoms with Gasteiger partial charge in [-0.1, -0.05) is 36.0 Å². The first-order chi connectivity index (χ1) is 13.6. The third kappa shape index (κ3) is 4.89. The number of nitrogens with one attached hydrogen (secondary N) is 1. The van der Waals surface area contributed by atoms with E-state index < -0.39 is 4.92 Å². The molecule has 0 saturated heterocycles. The molecule has 0 fully saturated rings. The summed E-state index contributed by atoms with van der Waals surface area (Å²) in [7, 11) is 1.63. The normalized spacial score (nSPS) is 10.5. The fraction of sp³-hybridized carbons (Fsp3) is 0.158. The number of thioether (sulfide) groups is 1. The van der Waals surface area contributed by atoms with Crippen molar-refractivity contribution in [2.24, 2.45) is 0 Å². The molecule has 0 atom stereocenters. The number of hydrogen-bond donors (Lipinski definition) is 1. The van der Waals surface area contributed by atoms with Crippen molar-refractivity contribution < 1.29 is 14.5 Å². The molecule has 9 heteroatoms. The number of nitrogens with zero attached hydrogens (tertiary/aromatic N) is 3. The number of rotatable bonds is 8. The van der Waals surface area contributed by atoms with Gasteiger partial charge < -0.3 is 14.6 Å². The summed E-state index contributed by atoms with van der Waals surface area (Å²) in [6.07, 6.45) is 3.52. The number of ether oxygens (including phenoxy) is 1. The number of non-ortho nitro benzene ring substituents is 1. The first-order valence-corrected chi connectivity index (χ1v) is 9.35. The summed E-state index contributed by atoms with van der Waals surface area (Å²) in [5.41, 5.74) is 1.32. The van der Waals surface area contributed by atoms with Gasteiger partial charge in [0.1, 0.15) is 5.75 Å². The molecule has 0 aliphatic rings. The molecule has 0 radical (unpaired) electrons. The van der Waals surface area contributed by atoms with Gasteiger partial charge >= 0.3 is 0 Å². The Morgan fingerprint density at radius 1 is 1.29 bits per heavy atom. The van der Waals surface area contributed by atoms with Crippen LogP contribution in [0.5, 0.6) is 5.75 Å². The average molecular weight is 398 g/mol. The number of hydrogen-bond acceptors (Lipinski definition) is 6. The maximum atomic E-state index is 12.2. The highest BCUT2D eigenvalue weighted by Crippen LogP contribution is 2.23. The Bertz CT molecular complexity index is 989. The minimum Gasteiger partial charge on any atom is -0.496 e.